The van der Waals surface area contributed by atoms with Crippen molar-refractivity contribution in [3.63, 3.8) is 0 Å². The minimum atomic E-state index is 0. The van der Waals surface area contributed by atoms with E-state index in [0.29, 0.717) is 5.92 Å². The van der Waals surface area contributed by atoms with Gasteiger partial charge in [0.05, 0.1) is 7.11 Å². The second kappa shape index (κ2) is 6.27. The molecular weight excluding hydrogens is 258 g/mol. The SMILES string of the molecule is COc1ccc2cccc(C3CCNCC3)c2c1.Cl. The molecule has 0 bridgehead atoms. The number of hydrogen-bond donors (Lipinski definition) is 1. The fourth-order valence-electron chi connectivity index (χ4n) is 2.89. The number of fused-ring (bicyclic) bond motifs is 1. The van der Waals surface area contributed by atoms with Crippen LogP contribution < -0.4 is 10.1 Å². The van der Waals surface area contributed by atoms with Crippen LogP contribution >= 0.6 is 12.4 Å². The minimum Gasteiger partial charge on any atom is -0.497 e. The topological polar surface area (TPSA) is 21.3 Å². The highest BCUT2D eigenvalue weighted by Crippen LogP contribution is 2.33. The molecule has 3 rings (SSSR count). The number of rotatable bonds is 2. The molecule has 19 heavy (non-hydrogen) atoms. The summed E-state index contributed by atoms with van der Waals surface area (Å²) >= 11 is 0. The molecule has 1 heterocycles. The number of nitrogens with one attached hydrogen (secondary N) is 1. The van der Waals surface area contributed by atoms with Gasteiger partial charge in [-0.15, -0.1) is 12.4 Å². The van der Waals surface area contributed by atoms with Gasteiger partial charge in [0, 0.05) is 0 Å². The van der Waals surface area contributed by atoms with E-state index in [1.54, 1.807) is 7.11 Å². The van der Waals surface area contributed by atoms with Crippen molar-refractivity contribution in [2.24, 2.45) is 0 Å². The quantitative estimate of drug-likeness (QED) is 0.903. The van der Waals surface area contributed by atoms with Gasteiger partial charge >= 0.3 is 0 Å². The normalized spacial score (nSPS) is 16.1. The van der Waals surface area contributed by atoms with Crippen LogP contribution in [0, 0.1) is 0 Å². The maximum Gasteiger partial charge on any atom is 0.119 e. The summed E-state index contributed by atoms with van der Waals surface area (Å²) in [5.41, 5.74) is 1.48. The molecule has 1 aliphatic heterocycles. The third-order valence-corrected chi connectivity index (χ3v) is 3.90. The Morgan fingerprint density at radius 2 is 1.89 bits per heavy atom. The van der Waals surface area contributed by atoms with Gasteiger partial charge in [0.25, 0.3) is 0 Å². The Balaban J connectivity index is 0.00000133. The molecule has 2 nitrogen and oxygen atoms in total. The molecule has 2 aromatic carbocycles. The lowest BCUT2D eigenvalue weighted by Crippen LogP contribution is -2.26. The van der Waals surface area contributed by atoms with E-state index in [4.69, 9.17) is 4.74 Å². The van der Waals surface area contributed by atoms with Crippen molar-refractivity contribution in [3.05, 3.63) is 42.0 Å². The molecule has 2 aromatic rings. The third kappa shape index (κ3) is 2.85. The van der Waals surface area contributed by atoms with Crippen LogP contribution in [0.2, 0.25) is 0 Å². The third-order valence-electron chi connectivity index (χ3n) is 3.90. The average Bonchev–Trinajstić information content (AvgIpc) is 2.47. The molecule has 1 aliphatic rings. The lowest BCUT2D eigenvalue weighted by molar-refractivity contribution is 0.415. The van der Waals surface area contributed by atoms with E-state index in [9.17, 15) is 0 Å². The maximum absolute atomic E-state index is 5.35. The zero-order chi connectivity index (χ0) is 12.4. The van der Waals surface area contributed by atoms with Crippen molar-refractivity contribution in [3.8, 4) is 5.75 Å². The van der Waals surface area contributed by atoms with Gasteiger partial charge < -0.3 is 10.1 Å². The van der Waals surface area contributed by atoms with Crippen LogP contribution in [0.25, 0.3) is 10.8 Å². The van der Waals surface area contributed by atoms with E-state index < -0.39 is 0 Å². The number of piperidine rings is 1. The first kappa shape index (κ1) is 14.2. The van der Waals surface area contributed by atoms with Crippen molar-refractivity contribution >= 4 is 23.2 Å². The molecule has 0 aromatic heterocycles. The summed E-state index contributed by atoms with van der Waals surface area (Å²) in [5, 5.41) is 6.09. The summed E-state index contributed by atoms with van der Waals surface area (Å²) < 4.78 is 5.35. The molecule has 3 heteroatoms. The second-order valence-corrected chi connectivity index (χ2v) is 4.96. The van der Waals surface area contributed by atoms with E-state index >= 15 is 0 Å². The summed E-state index contributed by atoms with van der Waals surface area (Å²) in [6.07, 6.45) is 2.46. The van der Waals surface area contributed by atoms with Gasteiger partial charge in [-0.2, -0.15) is 0 Å². The van der Waals surface area contributed by atoms with Crippen molar-refractivity contribution < 1.29 is 4.74 Å². The highest BCUT2D eigenvalue weighted by atomic mass is 35.5. The lowest BCUT2D eigenvalue weighted by atomic mass is 9.87. The van der Waals surface area contributed by atoms with Gasteiger partial charge in [-0.05, 0) is 60.3 Å². The van der Waals surface area contributed by atoms with Gasteiger partial charge in [0.1, 0.15) is 5.75 Å². The van der Waals surface area contributed by atoms with Gasteiger partial charge in [0.15, 0.2) is 0 Å². The Hall–Kier alpha value is -1.25. The average molecular weight is 278 g/mol. The fourth-order valence-corrected chi connectivity index (χ4v) is 2.89. The molecule has 0 amide bonds. The summed E-state index contributed by atoms with van der Waals surface area (Å²) in [4.78, 5) is 0. The Bertz CT molecular complexity index is 549. The molecule has 0 saturated carbocycles. The monoisotopic (exact) mass is 277 g/mol. The molecule has 0 radical (unpaired) electrons. The minimum absolute atomic E-state index is 0. The first-order chi connectivity index (χ1) is 8.88. The first-order valence-electron chi connectivity index (χ1n) is 6.66. The number of hydrogen-bond acceptors (Lipinski definition) is 2. The molecule has 0 aliphatic carbocycles. The maximum atomic E-state index is 5.35. The van der Waals surface area contributed by atoms with Crippen molar-refractivity contribution in [1.82, 2.24) is 5.32 Å². The van der Waals surface area contributed by atoms with Crippen LogP contribution in [0.4, 0.5) is 0 Å². The fraction of sp³-hybridized carbons (Fsp3) is 0.375. The highest BCUT2D eigenvalue weighted by Gasteiger charge is 2.17. The summed E-state index contributed by atoms with van der Waals surface area (Å²) in [6.45, 7) is 2.26. The number of halogens is 1. The van der Waals surface area contributed by atoms with Crippen LogP contribution in [0.5, 0.6) is 5.75 Å². The Morgan fingerprint density at radius 1 is 1.11 bits per heavy atom. The second-order valence-electron chi connectivity index (χ2n) is 4.96. The largest absolute Gasteiger partial charge is 0.497 e. The zero-order valence-corrected chi connectivity index (χ0v) is 12.0. The predicted molar refractivity (Wildman–Crippen MR) is 82.6 cm³/mol. The number of ether oxygens (including phenoxy) is 1. The molecule has 1 saturated heterocycles. The summed E-state index contributed by atoms with van der Waals surface area (Å²) in [5.74, 6) is 1.63. The van der Waals surface area contributed by atoms with E-state index in [-0.39, 0.29) is 12.4 Å². The van der Waals surface area contributed by atoms with Gasteiger partial charge in [-0.3, -0.25) is 0 Å². The molecule has 1 N–H and O–H groups in total. The number of methoxy groups -OCH3 is 1. The molecular formula is C16H20ClNO. The van der Waals surface area contributed by atoms with Crippen molar-refractivity contribution in [1.29, 1.82) is 0 Å². The predicted octanol–water partition coefficient (Wildman–Crippen LogP) is 3.74. The van der Waals surface area contributed by atoms with Gasteiger partial charge in [0.2, 0.25) is 0 Å². The van der Waals surface area contributed by atoms with Crippen molar-refractivity contribution in [2.45, 2.75) is 18.8 Å². The zero-order valence-electron chi connectivity index (χ0n) is 11.2. The summed E-state index contributed by atoms with van der Waals surface area (Å²) in [7, 11) is 1.73. The Labute approximate surface area is 120 Å². The van der Waals surface area contributed by atoms with Crippen molar-refractivity contribution in [2.75, 3.05) is 20.2 Å². The first-order valence-corrected chi connectivity index (χ1v) is 6.66. The highest BCUT2D eigenvalue weighted by molar-refractivity contribution is 5.87. The van der Waals surface area contributed by atoms with E-state index in [1.165, 1.54) is 29.2 Å². The van der Waals surface area contributed by atoms with Gasteiger partial charge in [-0.1, -0.05) is 24.3 Å². The molecule has 0 atom stereocenters. The van der Waals surface area contributed by atoms with E-state index in [1.807, 2.05) is 6.07 Å². The summed E-state index contributed by atoms with van der Waals surface area (Å²) in [6, 6.07) is 13.0. The van der Waals surface area contributed by atoms with Crippen LogP contribution in [0.3, 0.4) is 0 Å². The van der Waals surface area contributed by atoms with Gasteiger partial charge in [-0.25, -0.2) is 0 Å². The standard InChI is InChI=1S/C16H19NO.ClH/c1-18-14-6-5-12-3-2-4-15(16(12)11-14)13-7-9-17-10-8-13;/h2-6,11,13,17H,7-10H2,1H3;1H. The van der Waals surface area contributed by atoms with Crippen LogP contribution in [0.1, 0.15) is 24.3 Å². The smallest absolute Gasteiger partial charge is 0.119 e. The molecule has 1 fully saturated rings. The van der Waals surface area contributed by atoms with Crippen LogP contribution in [-0.4, -0.2) is 20.2 Å². The molecule has 102 valence electrons. The van der Waals surface area contributed by atoms with Crippen LogP contribution in [-0.2, 0) is 0 Å². The lowest BCUT2D eigenvalue weighted by Gasteiger charge is -2.24. The number of benzene rings is 2. The molecule has 0 spiro atoms. The Kier molecular flexibility index (Phi) is 4.67. The van der Waals surface area contributed by atoms with E-state index in [2.05, 4.69) is 35.6 Å². The van der Waals surface area contributed by atoms with E-state index in [0.717, 1.165) is 18.8 Å². The van der Waals surface area contributed by atoms with Crippen LogP contribution in [0.15, 0.2) is 36.4 Å². The Morgan fingerprint density at radius 3 is 2.63 bits per heavy atom. The molecule has 0 unspecified atom stereocenters.